The Kier molecular flexibility index (Phi) is 11.7. The van der Waals surface area contributed by atoms with Gasteiger partial charge in [-0.1, -0.05) is 35.6 Å². The Morgan fingerprint density at radius 1 is 0.395 bits per heavy atom. The molecular formula is C61H35N5O10. The van der Waals surface area contributed by atoms with Crippen LogP contribution in [0.1, 0.15) is 99.6 Å². The molecule has 76 heavy (non-hydrogen) atoms. The van der Waals surface area contributed by atoms with Crippen LogP contribution in [0, 0.1) is 31.6 Å². The third kappa shape index (κ3) is 8.53. The lowest BCUT2D eigenvalue weighted by Gasteiger charge is -2.17. The van der Waals surface area contributed by atoms with Gasteiger partial charge < -0.3 is 20.1 Å². The summed E-state index contributed by atoms with van der Waals surface area (Å²) in [4.78, 5) is 112. The number of anilines is 5. The van der Waals surface area contributed by atoms with Crippen LogP contribution in [0.4, 0.5) is 28.4 Å². The van der Waals surface area contributed by atoms with Crippen molar-refractivity contribution in [2.45, 2.75) is 6.92 Å². The minimum Gasteiger partial charge on any atom is -0.457 e. The highest BCUT2D eigenvalue weighted by Crippen LogP contribution is 2.38. The average Bonchev–Trinajstić information content (AvgIpc) is 3.95. The maximum absolute atomic E-state index is 14.2. The van der Waals surface area contributed by atoms with Gasteiger partial charge in [-0.05, 0) is 159 Å². The van der Waals surface area contributed by atoms with Crippen molar-refractivity contribution in [3.63, 3.8) is 0 Å². The lowest BCUT2D eigenvalue weighted by atomic mass is 10.1. The van der Waals surface area contributed by atoms with E-state index in [4.69, 9.17) is 22.3 Å². The largest absolute Gasteiger partial charge is 0.457 e. The molecule has 0 aliphatic carbocycles. The molecule has 15 nitrogen and oxygen atoms in total. The van der Waals surface area contributed by atoms with Gasteiger partial charge in [0.1, 0.15) is 23.0 Å². The van der Waals surface area contributed by atoms with Gasteiger partial charge in [0.15, 0.2) is 0 Å². The van der Waals surface area contributed by atoms with Gasteiger partial charge in [-0.2, -0.15) is 0 Å². The van der Waals surface area contributed by atoms with Gasteiger partial charge >= 0.3 is 0 Å². The van der Waals surface area contributed by atoms with Gasteiger partial charge in [0, 0.05) is 33.6 Å². The van der Waals surface area contributed by atoms with Crippen molar-refractivity contribution in [1.29, 1.82) is 0 Å². The average molecular weight is 998 g/mol. The second-order valence-corrected chi connectivity index (χ2v) is 17.6. The summed E-state index contributed by atoms with van der Waals surface area (Å²) in [5, 5.41) is 5.50. The lowest BCUT2D eigenvalue weighted by molar-refractivity contribution is 0.0910. The highest BCUT2D eigenvalue weighted by molar-refractivity contribution is 6.36. The molecule has 0 atom stereocenters. The fourth-order valence-corrected chi connectivity index (χ4v) is 9.01. The second kappa shape index (κ2) is 18.8. The summed E-state index contributed by atoms with van der Waals surface area (Å²) >= 11 is 0. The number of hydrogen-bond donors (Lipinski definition) is 2. The molecule has 0 spiro atoms. The molecule has 2 N–H and O–H groups in total. The first-order valence-electron chi connectivity index (χ1n) is 23.3. The number of rotatable bonds is 11. The maximum atomic E-state index is 14.2. The summed E-state index contributed by atoms with van der Waals surface area (Å²) < 4.78 is 12.1. The van der Waals surface area contributed by atoms with E-state index in [1.807, 2.05) is 6.92 Å². The highest BCUT2D eigenvalue weighted by Gasteiger charge is 2.40. The summed E-state index contributed by atoms with van der Waals surface area (Å²) in [5.74, 6) is 1.25. The SMILES string of the molecule is C#Cc1cccc(NC(=O)c2cc(C(=O)Nc3cccc(C#C)c3)cc(N3C(=O)c4ccc(Oc5ccc6c(c5)C(=O)N(c5ccc(Oc7ccc(N8C(=O)c9ccc(C)cc9C8=O)cc7)cc5)C6=O)cc4C3=O)c2)c1. The van der Waals surface area contributed by atoms with E-state index in [-0.39, 0.29) is 56.3 Å². The number of amides is 8. The Hall–Kier alpha value is -11.2. The smallest absolute Gasteiger partial charge is 0.266 e. The molecule has 3 aliphatic heterocycles. The van der Waals surface area contributed by atoms with Crippen LogP contribution in [0.15, 0.2) is 170 Å². The van der Waals surface area contributed by atoms with E-state index < -0.39 is 47.3 Å². The first-order valence-corrected chi connectivity index (χ1v) is 23.3. The number of nitrogens with one attached hydrogen (secondary N) is 2. The zero-order chi connectivity index (χ0) is 52.9. The van der Waals surface area contributed by atoms with Crippen molar-refractivity contribution in [2.75, 3.05) is 25.3 Å². The number of carbonyl (C=O) groups excluding carboxylic acids is 8. The van der Waals surface area contributed by atoms with E-state index in [0.29, 0.717) is 50.8 Å². The molecule has 0 saturated heterocycles. The first kappa shape index (κ1) is 47.2. The van der Waals surface area contributed by atoms with Gasteiger partial charge in [-0.15, -0.1) is 12.8 Å². The molecule has 8 aromatic carbocycles. The monoisotopic (exact) mass is 997 g/mol. The number of benzene rings is 8. The molecule has 8 aromatic rings. The van der Waals surface area contributed by atoms with Gasteiger partial charge in [-0.25, -0.2) is 14.7 Å². The Balaban J connectivity index is 0.787. The Morgan fingerprint density at radius 3 is 1.20 bits per heavy atom. The fraction of sp³-hybridized carbons (Fsp3) is 0.0164. The minimum atomic E-state index is -0.771. The zero-order valence-electron chi connectivity index (χ0n) is 39.7. The van der Waals surface area contributed by atoms with Crippen LogP contribution in [0.2, 0.25) is 0 Å². The van der Waals surface area contributed by atoms with E-state index in [2.05, 4.69) is 22.5 Å². The van der Waals surface area contributed by atoms with Crippen LogP contribution in [-0.2, 0) is 0 Å². The minimum absolute atomic E-state index is 0.0182. The summed E-state index contributed by atoms with van der Waals surface area (Å²) in [6.07, 6.45) is 11.1. The summed E-state index contributed by atoms with van der Waals surface area (Å²) in [6.45, 7) is 1.85. The van der Waals surface area contributed by atoms with Crippen LogP contribution >= 0.6 is 0 Å². The molecule has 11 rings (SSSR count). The van der Waals surface area contributed by atoms with E-state index in [9.17, 15) is 38.4 Å². The quantitative estimate of drug-likeness (QED) is 0.0932. The van der Waals surface area contributed by atoms with Crippen molar-refractivity contribution >= 4 is 75.7 Å². The number of imide groups is 3. The number of hydrogen-bond acceptors (Lipinski definition) is 10. The predicted octanol–water partition coefficient (Wildman–Crippen LogP) is 10.4. The summed E-state index contributed by atoms with van der Waals surface area (Å²) in [5.41, 5.74) is 3.95. The van der Waals surface area contributed by atoms with Crippen LogP contribution in [0.3, 0.4) is 0 Å². The van der Waals surface area contributed by atoms with Crippen LogP contribution < -0.4 is 34.8 Å². The summed E-state index contributed by atoms with van der Waals surface area (Å²) in [6, 6.07) is 43.5. The third-order valence-corrected chi connectivity index (χ3v) is 12.7. The molecule has 364 valence electrons. The Labute approximate surface area is 432 Å². The topological polar surface area (TPSA) is 189 Å². The number of terminal acetylenes is 2. The van der Waals surface area contributed by atoms with Crippen LogP contribution in [0.25, 0.3) is 0 Å². The van der Waals surface area contributed by atoms with E-state index in [0.717, 1.165) is 20.3 Å². The first-order chi connectivity index (χ1) is 36.7. The van der Waals surface area contributed by atoms with Crippen LogP contribution in [0.5, 0.6) is 23.0 Å². The van der Waals surface area contributed by atoms with Crippen LogP contribution in [-0.4, -0.2) is 47.3 Å². The van der Waals surface area contributed by atoms with Crippen molar-refractivity contribution in [2.24, 2.45) is 0 Å². The van der Waals surface area contributed by atoms with Gasteiger partial charge in [0.25, 0.3) is 47.3 Å². The zero-order valence-corrected chi connectivity index (χ0v) is 39.7. The molecule has 0 saturated carbocycles. The highest BCUT2D eigenvalue weighted by atomic mass is 16.5. The molecule has 8 amide bonds. The van der Waals surface area contributed by atoms with Gasteiger partial charge in [0.05, 0.1) is 50.4 Å². The van der Waals surface area contributed by atoms with Crippen molar-refractivity contribution in [3.05, 3.63) is 231 Å². The maximum Gasteiger partial charge on any atom is 0.266 e. The standard InChI is InChI=1S/C61H35N5O10/c1-4-35-8-6-10-39(27-35)62-54(67)37-29-38(55(68)63-40-11-7-9-36(5-2)28-40)31-43(30-37)66-58(71)50-25-22-47(33-53(50)61(66)74)76-46-21-24-49-52(32-46)60(73)65(57(49)70)42-15-19-45(20-16-42)75-44-17-13-41(14-18-44)64-56(69)48-23-12-34(3)26-51(48)59(64)72/h1-2,6-33H,3H3,(H,62,67)(H,63,68). The third-order valence-electron chi connectivity index (χ3n) is 12.7. The molecule has 15 heteroatoms. The number of fused-ring (bicyclic) bond motifs is 3. The van der Waals surface area contributed by atoms with Gasteiger partial charge in [0.2, 0.25) is 0 Å². The number of carbonyl (C=O) groups is 8. The van der Waals surface area contributed by atoms with Gasteiger partial charge in [-0.3, -0.25) is 38.4 Å². The van der Waals surface area contributed by atoms with Crippen molar-refractivity contribution in [3.8, 4) is 47.7 Å². The molecule has 0 bridgehead atoms. The lowest BCUT2D eigenvalue weighted by Crippen LogP contribution is -2.30. The van der Waals surface area contributed by atoms with Crippen molar-refractivity contribution in [1.82, 2.24) is 0 Å². The Morgan fingerprint density at radius 2 is 0.763 bits per heavy atom. The molecule has 3 aliphatic rings. The molecule has 0 radical (unpaired) electrons. The number of nitrogens with zero attached hydrogens (tertiary/aromatic N) is 3. The summed E-state index contributed by atoms with van der Waals surface area (Å²) in [7, 11) is 0. The molecule has 3 heterocycles. The number of ether oxygens (including phenoxy) is 2. The molecular weight excluding hydrogens is 963 g/mol. The molecule has 0 aromatic heterocycles. The van der Waals surface area contributed by atoms with E-state index in [1.165, 1.54) is 54.6 Å². The Bertz CT molecular complexity index is 3910. The molecule has 0 unspecified atom stereocenters. The number of aryl methyl sites for hydroxylation is 1. The normalized spacial score (nSPS) is 13.2. The van der Waals surface area contributed by atoms with E-state index in [1.54, 1.807) is 115 Å². The second-order valence-electron chi connectivity index (χ2n) is 17.6. The molecule has 0 fully saturated rings. The van der Waals surface area contributed by atoms with E-state index >= 15 is 0 Å². The predicted molar refractivity (Wildman–Crippen MR) is 282 cm³/mol. The van der Waals surface area contributed by atoms with Crippen molar-refractivity contribution < 1.29 is 47.8 Å². The fourth-order valence-electron chi connectivity index (χ4n) is 9.01.